The lowest BCUT2D eigenvalue weighted by Crippen LogP contribution is -2.16. The Balaban J connectivity index is 3.37. The van der Waals surface area contributed by atoms with E-state index in [1.54, 1.807) is 0 Å². The minimum Gasteiger partial charge on any atom is -0.466 e. The molecule has 1 heterocycles. The molecule has 0 radical (unpaired) electrons. The standard InChI is InChI=1S/C12H9F5N2O2/c1-2-21-9(20)4-8-6(5-18)3-7(12(15,16)17)10(19-8)11(13)14/h3,11H,2,4H2,1H3. The van der Waals surface area contributed by atoms with Crippen LogP contribution in [0.5, 0.6) is 0 Å². The Labute approximate surface area is 116 Å². The van der Waals surface area contributed by atoms with E-state index in [9.17, 15) is 26.7 Å². The van der Waals surface area contributed by atoms with Crippen LogP contribution in [0, 0.1) is 11.3 Å². The van der Waals surface area contributed by atoms with Crippen molar-refractivity contribution in [3.8, 4) is 6.07 Å². The lowest BCUT2D eigenvalue weighted by Gasteiger charge is -2.14. The first-order valence-electron chi connectivity index (χ1n) is 5.65. The lowest BCUT2D eigenvalue weighted by atomic mass is 10.1. The van der Waals surface area contributed by atoms with Crippen molar-refractivity contribution in [3.05, 3.63) is 28.6 Å². The molecule has 0 amide bonds. The summed E-state index contributed by atoms with van der Waals surface area (Å²) in [6.07, 6.45) is -9.23. The zero-order valence-corrected chi connectivity index (χ0v) is 10.7. The Morgan fingerprint density at radius 3 is 2.52 bits per heavy atom. The molecule has 1 rings (SSSR count). The van der Waals surface area contributed by atoms with Crippen molar-refractivity contribution in [1.82, 2.24) is 4.98 Å². The Hall–Kier alpha value is -2.24. The van der Waals surface area contributed by atoms with Gasteiger partial charge in [-0.15, -0.1) is 0 Å². The van der Waals surface area contributed by atoms with Gasteiger partial charge >= 0.3 is 12.1 Å². The van der Waals surface area contributed by atoms with Crippen LogP contribution in [0.3, 0.4) is 0 Å². The predicted octanol–water partition coefficient (Wildman–Crippen LogP) is 3.02. The van der Waals surface area contributed by atoms with Crippen molar-refractivity contribution >= 4 is 5.97 Å². The number of nitrogens with zero attached hydrogens (tertiary/aromatic N) is 2. The quantitative estimate of drug-likeness (QED) is 0.633. The number of ether oxygens (including phenoxy) is 1. The zero-order valence-electron chi connectivity index (χ0n) is 10.7. The van der Waals surface area contributed by atoms with Crippen molar-refractivity contribution in [2.75, 3.05) is 6.61 Å². The molecule has 0 aliphatic carbocycles. The number of hydrogen-bond donors (Lipinski definition) is 0. The first-order valence-corrected chi connectivity index (χ1v) is 5.65. The second-order valence-electron chi connectivity index (χ2n) is 3.81. The lowest BCUT2D eigenvalue weighted by molar-refractivity contribution is -0.142. The van der Waals surface area contributed by atoms with Crippen LogP contribution in [-0.4, -0.2) is 17.6 Å². The van der Waals surface area contributed by atoms with Gasteiger partial charge in [0.2, 0.25) is 0 Å². The molecule has 0 bridgehead atoms. The normalized spacial score (nSPS) is 11.3. The average molecular weight is 308 g/mol. The van der Waals surface area contributed by atoms with Crippen LogP contribution in [-0.2, 0) is 22.1 Å². The first-order chi connectivity index (χ1) is 9.70. The molecule has 0 saturated carbocycles. The molecule has 0 saturated heterocycles. The number of nitriles is 1. The monoisotopic (exact) mass is 308 g/mol. The molecule has 9 heteroatoms. The molecule has 0 spiro atoms. The molecular formula is C12H9F5N2O2. The number of halogens is 5. The number of esters is 1. The number of hydrogen-bond acceptors (Lipinski definition) is 4. The average Bonchev–Trinajstić information content (AvgIpc) is 2.37. The maximum absolute atomic E-state index is 12.7. The van der Waals surface area contributed by atoms with E-state index in [0.717, 1.165) is 0 Å². The fraction of sp³-hybridized carbons (Fsp3) is 0.417. The van der Waals surface area contributed by atoms with E-state index >= 15 is 0 Å². The minimum atomic E-state index is -5.08. The largest absolute Gasteiger partial charge is 0.466 e. The van der Waals surface area contributed by atoms with Crippen LogP contribution < -0.4 is 0 Å². The summed E-state index contributed by atoms with van der Waals surface area (Å²) in [4.78, 5) is 14.4. The van der Waals surface area contributed by atoms with Gasteiger partial charge in [0, 0.05) is 0 Å². The maximum Gasteiger partial charge on any atom is 0.418 e. The summed E-state index contributed by atoms with van der Waals surface area (Å²) in [5, 5.41) is 8.78. The molecule has 0 atom stereocenters. The zero-order chi connectivity index (χ0) is 16.2. The van der Waals surface area contributed by atoms with Crippen molar-refractivity contribution in [2.45, 2.75) is 25.9 Å². The second-order valence-corrected chi connectivity index (χ2v) is 3.81. The van der Waals surface area contributed by atoms with Gasteiger partial charge in [0.25, 0.3) is 6.43 Å². The third kappa shape index (κ3) is 4.11. The van der Waals surface area contributed by atoms with Gasteiger partial charge in [-0.2, -0.15) is 18.4 Å². The minimum absolute atomic E-state index is 0.00304. The highest BCUT2D eigenvalue weighted by molar-refractivity contribution is 5.73. The Bertz CT molecular complexity index is 578. The van der Waals surface area contributed by atoms with E-state index in [1.165, 1.54) is 13.0 Å². The van der Waals surface area contributed by atoms with Crippen LogP contribution >= 0.6 is 0 Å². The number of aromatic nitrogens is 1. The number of alkyl halides is 5. The number of carbonyl (C=O) groups excluding carboxylic acids is 1. The van der Waals surface area contributed by atoms with Crippen LogP contribution in [0.15, 0.2) is 6.07 Å². The summed E-state index contributed by atoms with van der Waals surface area (Å²) in [5.41, 5.74) is -4.28. The molecular weight excluding hydrogens is 299 g/mol. The van der Waals surface area contributed by atoms with E-state index in [0.29, 0.717) is 0 Å². The van der Waals surface area contributed by atoms with Crippen molar-refractivity contribution in [1.29, 1.82) is 5.26 Å². The Morgan fingerprint density at radius 2 is 2.10 bits per heavy atom. The summed E-state index contributed by atoms with van der Waals surface area (Å²) >= 11 is 0. The summed E-state index contributed by atoms with van der Waals surface area (Å²) in [6.45, 7) is 1.50. The second kappa shape index (κ2) is 6.47. The molecule has 0 N–H and O–H groups in total. The van der Waals surface area contributed by atoms with Gasteiger partial charge in [0.1, 0.15) is 11.8 Å². The summed E-state index contributed by atoms with van der Waals surface area (Å²) in [7, 11) is 0. The van der Waals surface area contributed by atoms with Gasteiger partial charge < -0.3 is 4.74 Å². The molecule has 0 aromatic carbocycles. The number of carbonyl (C=O) groups is 1. The molecule has 1 aromatic heterocycles. The topological polar surface area (TPSA) is 63.0 Å². The van der Waals surface area contributed by atoms with Gasteiger partial charge in [-0.05, 0) is 13.0 Å². The van der Waals surface area contributed by atoms with Crippen LogP contribution in [0.1, 0.15) is 35.9 Å². The summed E-state index contributed by atoms with van der Waals surface area (Å²) in [6, 6.07) is 1.67. The molecule has 114 valence electrons. The molecule has 1 aromatic rings. The molecule has 0 aliphatic heterocycles. The van der Waals surface area contributed by atoms with Gasteiger partial charge in [-0.1, -0.05) is 0 Å². The van der Waals surface area contributed by atoms with E-state index in [2.05, 4.69) is 9.72 Å². The van der Waals surface area contributed by atoms with E-state index in [-0.39, 0.29) is 12.7 Å². The maximum atomic E-state index is 12.7. The summed E-state index contributed by atoms with van der Waals surface area (Å²) < 4.78 is 67.9. The Kier molecular flexibility index (Phi) is 5.18. The number of rotatable bonds is 4. The first kappa shape index (κ1) is 16.8. The van der Waals surface area contributed by atoms with Gasteiger partial charge in [-0.3, -0.25) is 4.79 Å². The van der Waals surface area contributed by atoms with Crippen molar-refractivity contribution < 1.29 is 31.5 Å². The van der Waals surface area contributed by atoms with Crippen molar-refractivity contribution in [2.24, 2.45) is 0 Å². The van der Waals surface area contributed by atoms with Gasteiger partial charge in [-0.25, -0.2) is 13.8 Å². The highest BCUT2D eigenvalue weighted by Crippen LogP contribution is 2.36. The smallest absolute Gasteiger partial charge is 0.418 e. The van der Waals surface area contributed by atoms with E-state index < -0.39 is 47.5 Å². The highest BCUT2D eigenvalue weighted by Gasteiger charge is 2.38. The highest BCUT2D eigenvalue weighted by atomic mass is 19.4. The summed E-state index contributed by atoms with van der Waals surface area (Å²) in [5.74, 6) is -0.874. The van der Waals surface area contributed by atoms with E-state index in [4.69, 9.17) is 5.26 Å². The molecule has 0 aliphatic rings. The third-order valence-corrected chi connectivity index (χ3v) is 2.38. The van der Waals surface area contributed by atoms with E-state index in [1.807, 2.05) is 0 Å². The van der Waals surface area contributed by atoms with Crippen molar-refractivity contribution in [3.63, 3.8) is 0 Å². The molecule has 4 nitrogen and oxygen atoms in total. The number of pyridine rings is 1. The van der Waals surface area contributed by atoms with Gasteiger partial charge in [0.15, 0.2) is 0 Å². The Morgan fingerprint density at radius 1 is 1.48 bits per heavy atom. The van der Waals surface area contributed by atoms with Crippen LogP contribution in [0.25, 0.3) is 0 Å². The fourth-order valence-electron chi connectivity index (χ4n) is 1.54. The molecule has 0 fully saturated rings. The molecule has 21 heavy (non-hydrogen) atoms. The van der Waals surface area contributed by atoms with Gasteiger partial charge in [0.05, 0.1) is 29.8 Å². The SMILES string of the molecule is CCOC(=O)Cc1nc(C(F)F)c(C(F)(F)F)cc1C#N. The van der Waals surface area contributed by atoms with Crippen LogP contribution in [0.4, 0.5) is 22.0 Å². The van der Waals surface area contributed by atoms with Crippen LogP contribution in [0.2, 0.25) is 0 Å². The predicted molar refractivity (Wildman–Crippen MR) is 59.2 cm³/mol. The fourth-order valence-corrected chi connectivity index (χ4v) is 1.54. The third-order valence-electron chi connectivity index (χ3n) is 2.38. The molecule has 0 unspecified atom stereocenters.